The molecule has 0 atom stereocenters. The maximum absolute atomic E-state index is 4.65. The first-order valence-electron chi connectivity index (χ1n) is 9.32. The van der Waals surface area contributed by atoms with E-state index in [1.54, 1.807) is 0 Å². The molecule has 1 aromatic heterocycles. The maximum Gasteiger partial charge on any atom is 0.0708 e. The molecule has 0 saturated carbocycles. The van der Waals surface area contributed by atoms with Crippen molar-refractivity contribution in [1.29, 1.82) is 0 Å². The van der Waals surface area contributed by atoms with E-state index in [0.29, 0.717) is 0 Å². The number of pyridine rings is 1. The Morgan fingerprint density at radius 1 is 0.556 bits per heavy atom. The molecule has 0 spiro atoms. The first kappa shape index (κ1) is 17.2. The van der Waals surface area contributed by atoms with Gasteiger partial charge in [-0.25, -0.2) is 0 Å². The van der Waals surface area contributed by atoms with E-state index in [1.165, 1.54) is 38.9 Å². The lowest BCUT2D eigenvalue weighted by Crippen LogP contribution is -1.92. The molecule has 0 fully saturated rings. The monoisotopic (exact) mass is 349 g/mol. The third kappa shape index (κ3) is 3.54. The van der Waals surface area contributed by atoms with E-state index in [9.17, 15) is 0 Å². The van der Waals surface area contributed by atoms with Crippen molar-refractivity contribution in [3.05, 3.63) is 102 Å². The SMILES string of the molecule is Cc1cc(C)c(-c2ccnc(-c3cccc(-c4ccccc4)c3)c2)c(C)c1. The van der Waals surface area contributed by atoms with Crippen molar-refractivity contribution in [2.24, 2.45) is 0 Å². The number of hydrogen-bond acceptors (Lipinski definition) is 1. The fraction of sp³-hybridized carbons (Fsp3) is 0.115. The van der Waals surface area contributed by atoms with Gasteiger partial charge in [-0.2, -0.15) is 0 Å². The molecule has 0 aliphatic carbocycles. The van der Waals surface area contributed by atoms with E-state index in [4.69, 9.17) is 0 Å². The van der Waals surface area contributed by atoms with E-state index >= 15 is 0 Å². The van der Waals surface area contributed by atoms with Crippen LogP contribution in [0, 0.1) is 20.8 Å². The van der Waals surface area contributed by atoms with Gasteiger partial charge in [0.2, 0.25) is 0 Å². The Morgan fingerprint density at radius 2 is 1.22 bits per heavy atom. The Kier molecular flexibility index (Phi) is 4.60. The molecule has 1 heteroatoms. The summed E-state index contributed by atoms with van der Waals surface area (Å²) in [5.74, 6) is 0. The van der Waals surface area contributed by atoms with Gasteiger partial charge in [0.05, 0.1) is 5.69 Å². The maximum atomic E-state index is 4.65. The second-order valence-corrected chi connectivity index (χ2v) is 7.15. The summed E-state index contributed by atoms with van der Waals surface area (Å²) >= 11 is 0. The normalized spacial score (nSPS) is 10.8. The Morgan fingerprint density at radius 3 is 1.96 bits per heavy atom. The molecule has 4 rings (SSSR count). The number of aryl methyl sites for hydroxylation is 3. The Labute approximate surface area is 161 Å². The van der Waals surface area contributed by atoms with Gasteiger partial charge in [0.25, 0.3) is 0 Å². The lowest BCUT2D eigenvalue weighted by Gasteiger charge is -2.13. The quantitative estimate of drug-likeness (QED) is 0.388. The smallest absolute Gasteiger partial charge is 0.0708 e. The largest absolute Gasteiger partial charge is 0.256 e. The van der Waals surface area contributed by atoms with Crippen molar-refractivity contribution in [2.45, 2.75) is 20.8 Å². The molecule has 1 nitrogen and oxygen atoms in total. The molecule has 1 heterocycles. The van der Waals surface area contributed by atoms with Crippen molar-refractivity contribution in [3.8, 4) is 33.5 Å². The number of aromatic nitrogens is 1. The fourth-order valence-electron chi connectivity index (χ4n) is 3.87. The van der Waals surface area contributed by atoms with E-state index in [0.717, 1.165) is 11.3 Å². The van der Waals surface area contributed by atoms with Crippen LogP contribution in [0.5, 0.6) is 0 Å². The summed E-state index contributed by atoms with van der Waals surface area (Å²) in [5, 5.41) is 0. The highest BCUT2D eigenvalue weighted by Gasteiger charge is 2.09. The van der Waals surface area contributed by atoms with Gasteiger partial charge in [-0.3, -0.25) is 4.98 Å². The molecule has 0 aliphatic rings. The van der Waals surface area contributed by atoms with Crippen LogP contribution in [0.3, 0.4) is 0 Å². The third-order valence-corrected chi connectivity index (χ3v) is 4.99. The third-order valence-electron chi connectivity index (χ3n) is 4.99. The van der Waals surface area contributed by atoms with Crippen LogP contribution in [0.1, 0.15) is 16.7 Å². The van der Waals surface area contributed by atoms with Gasteiger partial charge in [0.1, 0.15) is 0 Å². The molecule has 0 N–H and O–H groups in total. The Balaban J connectivity index is 1.78. The summed E-state index contributed by atoms with van der Waals surface area (Å²) in [6.07, 6.45) is 1.92. The minimum atomic E-state index is 1.00. The first-order valence-corrected chi connectivity index (χ1v) is 9.32. The van der Waals surface area contributed by atoms with E-state index < -0.39 is 0 Å². The fourth-order valence-corrected chi connectivity index (χ4v) is 3.87. The van der Waals surface area contributed by atoms with Gasteiger partial charge in [-0.05, 0) is 72.4 Å². The summed E-state index contributed by atoms with van der Waals surface area (Å²) < 4.78 is 0. The molecule has 132 valence electrons. The highest BCUT2D eigenvalue weighted by Crippen LogP contribution is 2.31. The average Bonchev–Trinajstić information content (AvgIpc) is 2.68. The van der Waals surface area contributed by atoms with Gasteiger partial charge in [-0.15, -0.1) is 0 Å². The molecule has 0 aliphatic heterocycles. The van der Waals surface area contributed by atoms with Gasteiger partial charge in [-0.1, -0.05) is 66.2 Å². The molecule has 3 aromatic carbocycles. The Hall–Kier alpha value is -3.19. The molecule has 0 saturated heterocycles. The molecule has 0 bridgehead atoms. The van der Waals surface area contributed by atoms with Crippen molar-refractivity contribution in [3.63, 3.8) is 0 Å². The van der Waals surface area contributed by atoms with E-state index in [1.807, 2.05) is 12.3 Å². The van der Waals surface area contributed by atoms with Crippen LogP contribution in [0.2, 0.25) is 0 Å². The predicted molar refractivity (Wildman–Crippen MR) is 115 cm³/mol. The zero-order chi connectivity index (χ0) is 18.8. The molecule has 4 aromatic rings. The lowest BCUT2D eigenvalue weighted by atomic mass is 9.93. The summed E-state index contributed by atoms with van der Waals surface area (Å²) in [5.41, 5.74) is 11.0. The van der Waals surface area contributed by atoms with Crippen molar-refractivity contribution < 1.29 is 0 Å². The second-order valence-electron chi connectivity index (χ2n) is 7.15. The van der Waals surface area contributed by atoms with Crippen molar-refractivity contribution in [2.75, 3.05) is 0 Å². The summed E-state index contributed by atoms with van der Waals surface area (Å²) in [6, 6.07) is 27.9. The Bertz CT molecular complexity index is 1070. The molecule has 0 radical (unpaired) electrons. The molecule has 0 amide bonds. The molecular weight excluding hydrogens is 326 g/mol. The zero-order valence-corrected chi connectivity index (χ0v) is 16.0. The van der Waals surface area contributed by atoms with Crippen LogP contribution in [0.15, 0.2) is 85.1 Å². The summed E-state index contributed by atoms with van der Waals surface area (Å²) in [6.45, 7) is 6.52. The average molecular weight is 349 g/mol. The van der Waals surface area contributed by atoms with Crippen LogP contribution in [-0.4, -0.2) is 4.98 Å². The summed E-state index contributed by atoms with van der Waals surface area (Å²) in [7, 11) is 0. The lowest BCUT2D eigenvalue weighted by molar-refractivity contribution is 1.29. The molecule has 0 unspecified atom stereocenters. The predicted octanol–water partition coefficient (Wildman–Crippen LogP) is 7.01. The van der Waals surface area contributed by atoms with Crippen molar-refractivity contribution >= 4 is 0 Å². The van der Waals surface area contributed by atoms with Crippen LogP contribution in [-0.2, 0) is 0 Å². The zero-order valence-electron chi connectivity index (χ0n) is 16.0. The van der Waals surface area contributed by atoms with Gasteiger partial charge in [0, 0.05) is 11.8 Å². The molecule has 27 heavy (non-hydrogen) atoms. The van der Waals surface area contributed by atoms with Crippen LogP contribution in [0.4, 0.5) is 0 Å². The van der Waals surface area contributed by atoms with Gasteiger partial charge in [0.15, 0.2) is 0 Å². The van der Waals surface area contributed by atoms with E-state index in [-0.39, 0.29) is 0 Å². The van der Waals surface area contributed by atoms with E-state index in [2.05, 4.69) is 98.6 Å². The van der Waals surface area contributed by atoms with Crippen molar-refractivity contribution in [1.82, 2.24) is 4.98 Å². The highest BCUT2D eigenvalue weighted by molar-refractivity contribution is 5.77. The number of hydrogen-bond donors (Lipinski definition) is 0. The first-order chi connectivity index (χ1) is 13.1. The highest BCUT2D eigenvalue weighted by atomic mass is 14.7. The minimum absolute atomic E-state index is 1.00. The number of nitrogens with zero attached hydrogens (tertiary/aromatic N) is 1. The topological polar surface area (TPSA) is 12.9 Å². The van der Waals surface area contributed by atoms with Crippen LogP contribution >= 0.6 is 0 Å². The number of benzene rings is 3. The second kappa shape index (κ2) is 7.20. The number of rotatable bonds is 3. The standard InChI is InChI=1S/C26H23N/c1-18-14-19(2)26(20(3)15-18)24-12-13-27-25(17-24)23-11-7-10-22(16-23)21-8-5-4-6-9-21/h4-17H,1-3H3. The van der Waals surface area contributed by atoms with Crippen LogP contribution < -0.4 is 0 Å². The van der Waals surface area contributed by atoms with Crippen LogP contribution in [0.25, 0.3) is 33.5 Å². The molecular formula is C26H23N. The minimum Gasteiger partial charge on any atom is -0.256 e. The summed E-state index contributed by atoms with van der Waals surface area (Å²) in [4.78, 5) is 4.65. The van der Waals surface area contributed by atoms with Gasteiger partial charge < -0.3 is 0 Å². The van der Waals surface area contributed by atoms with Gasteiger partial charge >= 0.3 is 0 Å².